The van der Waals surface area contributed by atoms with Gasteiger partial charge in [-0.1, -0.05) is 25.1 Å². The maximum absolute atomic E-state index is 12.6. The van der Waals surface area contributed by atoms with E-state index in [0.29, 0.717) is 37.9 Å². The predicted molar refractivity (Wildman–Crippen MR) is 89.8 cm³/mol. The van der Waals surface area contributed by atoms with Crippen molar-refractivity contribution in [1.82, 2.24) is 10.2 Å². The number of amides is 2. The molecule has 0 saturated carbocycles. The summed E-state index contributed by atoms with van der Waals surface area (Å²) in [6.07, 6.45) is 1.84. The Morgan fingerprint density at radius 1 is 1.25 bits per heavy atom. The van der Waals surface area contributed by atoms with Crippen LogP contribution in [0.15, 0.2) is 39.5 Å². The first-order valence-corrected chi connectivity index (χ1v) is 8.20. The molecular weight excluding hydrogens is 308 g/mol. The molecule has 1 aliphatic rings. The number of benzene rings is 1. The van der Waals surface area contributed by atoms with Crippen molar-refractivity contribution in [3.05, 3.63) is 46.3 Å². The lowest BCUT2D eigenvalue weighted by Gasteiger charge is -2.32. The maximum Gasteiger partial charge on any atom is 0.349 e. The lowest BCUT2D eigenvalue weighted by molar-refractivity contribution is -0.121. The summed E-state index contributed by atoms with van der Waals surface area (Å²) in [5.74, 6) is -0.287. The van der Waals surface area contributed by atoms with E-state index < -0.39 is 5.63 Å². The minimum absolute atomic E-state index is 0.0231. The standard InChI is InChI=1S/C18H20N2O4/c1-2-16(21)19-13-7-9-20(10-8-13)17(22)14-11-12-5-3-4-6-15(12)24-18(14)23/h3-6,11,13H,2,7-10H2,1H3,(H,19,21). The van der Waals surface area contributed by atoms with Gasteiger partial charge in [0.2, 0.25) is 5.91 Å². The smallest absolute Gasteiger partial charge is 0.349 e. The lowest BCUT2D eigenvalue weighted by atomic mass is 10.0. The number of fused-ring (bicyclic) bond motifs is 1. The molecule has 0 spiro atoms. The van der Waals surface area contributed by atoms with E-state index in [4.69, 9.17) is 4.42 Å². The molecule has 2 amide bonds. The zero-order valence-corrected chi connectivity index (χ0v) is 13.6. The average Bonchev–Trinajstić information content (AvgIpc) is 2.61. The summed E-state index contributed by atoms with van der Waals surface area (Å²) in [6.45, 7) is 2.84. The molecule has 1 aliphatic heterocycles. The number of hydrogen-bond acceptors (Lipinski definition) is 4. The fraction of sp³-hybridized carbons (Fsp3) is 0.389. The highest BCUT2D eigenvalue weighted by Crippen LogP contribution is 2.16. The van der Waals surface area contributed by atoms with Gasteiger partial charge in [0.15, 0.2) is 0 Å². The second-order valence-corrected chi connectivity index (χ2v) is 5.97. The largest absolute Gasteiger partial charge is 0.422 e. The van der Waals surface area contributed by atoms with Crippen molar-refractivity contribution >= 4 is 22.8 Å². The quantitative estimate of drug-likeness (QED) is 0.873. The average molecular weight is 328 g/mol. The number of para-hydroxylation sites is 1. The van der Waals surface area contributed by atoms with Crippen molar-refractivity contribution in [3.8, 4) is 0 Å². The van der Waals surface area contributed by atoms with Gasteiger partial charge < -0.3 is 14.6 Å². The molecule has 24 heavy (non-hydrogen) atoms. The first-order chi connectivity index (χ1) is 11.6. The molecule has 1 aromatic heterocycles. The van der Waals surface area contributed by atoms with Crippen molar-refractivity contribution < 1.29 is 14.0 Å². The van der Waals surface area contributed by atoms with Crippen LogP contribution in [-0.2, 0) is 4.79 Å². The van der Waals surface area contributed by atoms with Crippen molar-refractivity contribution in [1.29, 1.82) is 0 Å². The van der Waals surface area contributed by atoms with Crippen molar-refractivity contribution in [2.45, 2.75) is 32.2 Å². The third kappa shape index (κ3) is 3.32. The van der Waals surface area contributed by atoms with E-state index in [1.165, 1.54) is 0 Å². The lowest BCUT2D eigenvalue weighted by Crippen LogP contribution is -2.47. The minimum atomic E-state index is -0.611. The number of piperidine rings is 1. The van der Waals surface area contributed by atoms with E-state index >= 15 is 0 Å². The summed E-state index contributed by atoms with van der Waals surface area (Å²) >= 11 is 0. The van der Waals surface area contributed by atoms with Crippen LogP contribution in [0.4, 0.5) is 0 Å². The van der Waals surface area contributed by atoms with Crippen LogP contribution in [0, 0.1) is 0 Å². The van der Waals surface area contributed by atoms with Crippen LogP contribution < -0.4 is 10.9 Å². The molecular formula is C18H20N2O4. The normalized spacial score (nSPS) is 15.5. The summed E-state index contributed by atoms with van der Waals surface area (Å²) in [6, 6.07) is 8.80. The van der Waals surface area contributed by atoms with Crippen LogP contribution in [0.2, 0.25) is 0 Å². The van der Waals surface area contributed by atoms with E-state index in [1.54, 1.807) is 23.1 Å². The highest BCUT2D eigenvalue weighted by atomic mass is 16.4. The van der Waals surface area contributed by atoms with Crippen LogP contribution in [0.5, 0.6) is 0 Å². The van der Waals surface area contributed by atoms with Gasteiger partial charge in [-0.3, -0.25) is 9.59 Å². The minimum Gasteiger partial charge on any atom is -0.422 e. The van der Waals surface area contributed by atoms with Gasteiger partial charge in [-0.25, -0.2) is 4.79 Å². The first-order valence-electron chi connectivity index (χ1n) is 8.20. The van der Waals surface area contributed by atoms with Gasteiger partial charge in [-0.15, -0.1) is 0 Å². The number of nitrogens with one attached hydrogen (secondary N) is 1. The Labute approximate surface area is 139 Å². The van der Waals surface area contributed by atoms with Crippen LogP contribution in [-0.4, -0.2) is 35.8 Å². The van der Waals surface area contributed by atoms with E-state index in [9.17, 15) is 14.4 Å². The van der Waals surface area contributed by atoms with Crippen LogP contribution >= 0.6 is 0 Å². The predicted octanol–water partition coefficient (Wildman–Crippen LogP) is 1.92. The summed E-state index contributed by atoms with van der Waals surface area (Å²) in [7, 11) is 0. The monoisotopic (exact) mass is 328 g/mol. The zero-order chi connectivity index (χ0) is 17.1. The Morgan fingerprint density at radius 2 is 1.96 bits per heavy atom. The zero-order valence-electron chi connectivity index (χ0n) is 13.6. The van der Waals surface area contributed by atoms with Crippen LogP contribution in [0.1, 0.15) is 36.5 Å². The Balaban J connectivity index is 1.73. The maximum atomic E-state index is 12.6. The van der Waals surface area contributed by atoms with Crippen LogP contribution in [0.25, 0.3) is 11.0 Å². The molecule has 0 aliphatic carbocycles. The molecule has 1 fully saturated rings. The highest BCUT2D eigenvalue weighted by Gasteiger charge is 2.26. The second kappa shape index (κ2) is 6.86. The van der Waals surface area contributed by atoms with Gasteiger partial charge in [0, 0.05) is 30.9 Å². The topological polar surface area (TPSA) is 79.6 Å². The molecule has 126 valence electrons. The van der Waals surface area contributed by atoms with Crippen LogP contribution in [0.3, 0.4) is 0 Å². The molecule has 2 heterocycles. The van der Waals surface area contributed by atoms with E-state index in [0.717, 1.165) is 5.39 Å². The molecule has 6 heteroatoms. The van der Waals surface area contributed by atoms with Gasteiger partial charge in [0.25, 0.3) is 5.91 Å². The Morgan fingerprint density at radius 3 is 2.67 bits per heavy atom. The second-order valence-electron chi connectivity index (χ2n) is 5.97. The number of carbonyl (C=O) groups excluding carboxylic acids is 2. The summed E-state index contributed by atoms with van der Waals surface area (Å²) in [5.41, 5.74) is -0.0788. The Hall–Kier alpha value is -2.63. The van der Waals surface area contributed by atoms with E-state index in [-0.39, 0.29) is 23.4 Å². The number of rotatable bonds is 3. The number of likely N-dealkylation sites (tertiary alicyclic amines) is 1. The number of hydrogen-bond donors (Lipinski definition) is 1. The summed E-state index contributed by atoms with van der Waals surface area (Å²) in [5, 5.41) is 3.67. The SMILES string of the molecule is CCC(=O)NC1CCN(C(=O)c2cc3ccccc3oc2=O)CC1. The van der Waals surface area contributed by atoms with Gasteiger partial charge >= 0.3 is 5.63 Å². The Kier molecular flexibility index (Phi) is 4.64. The van der Waals surface area contributed by atoms with Gasteiger partial charge in [0.05, 0.1) is 0 Å². The van der Waals surface area contributed by atoms with Gasteiger partial charge in [-0.05, 0) is 25.0 Å². The number of nitrogens with zero attached hydrogens (tertiary/aromatic N) is 1. The molecule has 0 radical (unpaired) electrons. The fourth-order valence-electron chi connectivity index (χ4n) is 2.94. The van der Waals surface area contributed by atoms with Crippen molar-refractivity contribution in [2.75, 3.05) is 13.1 Å². The fourth-order valence-corrected chi connectivity index (χ4v) is 2.94. The molecule has 6 nitrogen and oxygen atoms in total. The molecule has 3 rings (SSSR count). The van der Waals surface area contributed by atoms with Crippen molar-refractivity contribution in [2.24, 2.45) is 0 Å². The van der Waals surface area contributed by atoms with Gasteiger partial charge in [-0.2, -0.15) is 0 Å². The summed E-state index contributed by atoms with van der Waals surface area (Å²) in [4.78, 5) is 37.8. The Bertz CT molecular complexity index is 819. The molecule has 2 aromatic rings. The molecule has 1 saturated heterocycles. The molecule has 1 N–H and O–H groups in total. The molecule has 0 unspecified atom stereocenters. The molecule has 0 atom stereocenters. The summed E-state index contributed by atoms with van der Waals surface area (Å²) < 4.78 is 5.23. The van der Waals surface area contributed by atoms with Crippen molar-refractivity contribution in [3.63, 3.8) is 0 Å². The van der Waals surface area contributed by atoms with E-state index in [2.05, 4.69) is 5.32 Å². The van der Waals surface area contributed by atoms with Gasteiger partial charge in [0.1, 0.15) is 11.1 Å². The first kappa shape index (κ1) is 16.2. The van der Waals surface area contributed by atoms with E-state index in [1.807, 2.05) is 19.1 Å². The third-order valence-corrected chi connectivity index (χ3v) is 4.34. The molecule has 0 bridgehead atoms. The molecule has 1 aromatic carbocycles. The third-order valence-electron chi connectivity index (χ3n) is 4.34. The number of carbonyl (C=O) groups is 2. The highest BCUT2D eigenvalue weighted by molar-refractivity contribution is 5.96.